The first-order valence-electron chi connectivity index (χ1n) is 12.0. The van der Waals surface area contributed by atoms with Crippen molar-refractivity contribution in [1.29, 1.82) is 0 Å². The molecule has 1 aliphatic heterocycles. The van der Waals surface area contributed by atoms with E-state index >= 15 is 0 Å². The standard InChI is InChI=1S/C25H23Cl2F3N6O5/c1-12(2)36-24(39)17(10-41-36)32-22(37)15-8-14(26)7-13(3)20(15)33-23(38)18-9-19(40-11-25(28,29)30)34-35(18)21-16(27)5-4-6-31-21/h4-9,12,17H,10-11H2,1-3H3,(H,32,37)(H,33,38). The summed E-state index contributed by atoms with van der Waals surface area (Å²) in [4.78, 5) is 48.8. The van der Waals surface area contributed by atoms with Crippen LogP contribution in [0, 0.1) is 6.92 Å². The van der Waals surface area contributed by atoms with E-state index in [1.165, 1.54) is 30.5 Å². The maximum absolute atomic E-state index is 13.5. The summed E-state index contributed by atoms with van der Waals surface area (Å²) in [5.41, 5.74) is 0.0379. The molecule has 1 aromatic carbocycles. The molecule has 1 atom stereocenters. The quantitative estimate of drug-likeness (QED) is 0.386. The van der Waals surface area contributed by atoms with Crippen LogP contribution in [0.5, 0.6) is 5.88 Å². The molecule has 2 N–H and O–H groups in total. The van der Waals surface area contributed by atoms with Gasteiger partial charge in [0.05, 0.1) is 22.3 Å². The number of nitrogens with zero attached hydrogens (tertiary/aromatic N) is 4. The van der Waals surface area contributed by atoms with Gasteiger partial charge in [0.2, 0.25) is 5.88 Å². The number of alkyl halides is 3. The maximum atomic E-state index is 13.5. The minimum Gasteiger partial charge on any atom is -0.467 e. The normalized spacial score (nSPS) is 15.4. The molecule has 4 rings (SSSR count). The molecular formula is C25H23Cl2F3N6O5. The molecule has 3 aromatic rings. The first-order valence-corrected chi connectivity index (χ1v) is 12.8. The van der Waals surface area contributed by atoms with E-state index in [1.807, 2.05) is 0 Å². The van der Waals surface area contributed by atoms with E-state index in [-0.39, 0.29) is 45.5 Å². The third-order valence-corrected chi connectivity index (χ3v) is 6.21. The highest BCUT2D eigenvalue weighted by Crippen LogP contribution is 2.29. The third kappa shape index (κ3) is 6.89. The number of amides is 3. The van der Waals surface area contributed by atoms with Crippen LogP contribution in [-0.2, 0) is 9.63 Å². The Labute approximate surface area is 241 Å². The number of anilines is 1. The number of nitrogens with one attached hydrogen (secondary N) is 2. The average Bonchev–Trinajstić information content (AvgIpc) is 3.48. The smallest absolute Gasteiger partial charge is 0.422 e. The molecule has 1 fully saturated rings. The van der Waals surface area contributed by atoms with E-state index in [1.54, 1.807) is 20.8 Å². The van der Waals surface area contributed by atoms with Crippen LogP contribution >= 0.6 is 23.2 Å². The van der Waals surface area contributed by atoms with Crippen molar-refractivity contribution in [2.45, 2.75) is 39.0 Å². The number of carbonyl (C=O) groups is 3. The van der Waals surface area contributed by atoms with E-state index in [2.05, 4.69) is 20.7 Å². The SMILES string of the molecule is Cc1cc(Cl)cc(C(=O)NC2CON(C(C)C)C2=O)c1NC(=O)c1cc(OCC(F)(F)F)nn1-c1ncccc1Cl. The van der Waals surface area contributed by atoms with Gasteiger partial charge in [0.15, 0.2) is 12.4 Å². The fourth-order valence-electron chi connectivity index (χ4n) is 3.89. The van der Waals surface area contributed by atoms with E-state index in [0.717, 1.165) is 15.8 Å². The summed E-state index contributed by atoms with van der Waals surface area (Å²) < 4.78 is 43.9. The topological polar surface area (TPSA) is 128 Å². The van der Waals surface area contributed by atoms with Crippen LogP contribution < -0.4 is 15.4 Å². The monoisotopic (exact) mass is 614 g/mol. The van der Waals surface area contributed by atoms with Crippen LogP contribution in [0.4, 0.5) is 18.9 Å². The zero-order valence-electron chi connectivity index (χ0n) is 21.8. The van der Waals surface area contributed by atoms with E-state index in [4.69, 9.17) is 32.8 Å². The minimum atomic E-state index is -4.66. The first kappa shape index (κ1) is 30.1. The molecule has 1 aliphatic rings. The highest BCUT2D eigenvalue weighted by molar-refractivity contribution is 6.32. The molecule has 3 heterocycles. The van der Waals surface area contributed by atoms with Gasteiger partial charge in [-0.25, -0.2) is 14.7 Å². The minimum absolute atomic E-state index is 0.0293. The van der Waals surface area contributed by atoms with Gasteiger partial charge in [0.1, 0.15) is 18.3 Å². The molecule has 0 spiro atoms. The van der Waals surface area contributed by atoms with Crippen molar-refractivity contribution in [3.63, 3.8) is 0 Å². The van der Waals surface area contributed by atoms with Crippen molar-refractivity contribution in [2.75, 3.05) is 18.5 Å². The van der Waals surface area contributed by atoms with Crippen molar-refractivity contribution >= 4 is 46.6 Å². The molecular weight excluding hydrogens is 592 g/mol. The maximum Gasteiger partial charge on any atom is 0.422 e. The largest absolute Gasteiger partial charge is 0.467 e. The summed E-state index contributed by atoms with van der Waals surface area (Å²) >= 11 is 12.4. The molecule has 1 unspecified atom stereocenters. The predicted octanol–water partition coefficient (Wildman–Crippen LogP) is 4.36. The van der Waals surface area contributed by atoms with Gasteiger partial charge < -0.3 is 15.4 Å². The number of halogens is 5. The van der Waals surface area contributed by atoms with Crippen molar-refractivity contribution in [3.8, 4) is 11.7 Å². The van der Waals surface area contributed by atoms with Gasteiger partial charge in [-0.05, 0) is 50.6 Å². The molecule has 218 valence electrons. The van der Waals surface area contributed by atoms with Crippen molar-refractivity contribution in [2.24, 2.45) is 0 Å². The number of aromatic nitrogens is 3. The fraction of sp³-hybridized carbons (Fsp3) is 0.320. The van der Waals surface area contributed by atoms with Gasteiger partial charge >= 0.3 is 6.18 Å². The lowest BCUT2D eigenvalue weighted by Gasteiger charge is -2.19. The molecule has 1 saturated heterocycles. The first-order chi connectivity index (χ1) is 19.2. The Balaban J connectivity index is 1.66. The fourth-order valence-corrected chi connectivity index (χ4v) is 4.37. The van der Waals surface area contributed by atoms with Gasteiger partial charge in [-0.15, -0.1) is 5.10 Å². The van der Waals surface area contributed by atoms with E-state index in [9.17, 15) is 27.6 Å². The predicted molar refractivity (Wildman–Crippen MR) is 141 cm³/mol. The Morgan fingerprint density at radius 1 is 1.22 bits per heavy atom. The van der Waals surface area contributed by atoms with Gasteiger partial charge in [-0.3, -0.25) is 19.2 Å². The van der Waals surface area contributed by atoms with Gasteiger partial charge in [0, 0.05) is 17.3 Å². The van der Waals surface area contributed by atoms with E-state index < -0.39 is 42.4 Å². The number of aryl methyl sites for hydroxylation is 1. The number of benzene rings is 1. The van der Waals surface area contributed by atoms with E-state index in [0.29, 0.717) is 5.56 Å². The van der Waals surface area contributed by atoms with Crippen LogP contribution in [0.3, 0.4) is 0 Å². The van der Waals surface area contributed by atoms with Crippen molar-refractivity contribution < 1.29 is 37.1 Å². The summed E-state index contributed by atoms with van der Waals surface area (Å²) in [5, 5.41) is 10.5. The molecule has 0 aliphatic carbocycles. The van der Waals surface area contributed by atoms with Crippen LogP contribution in [0.2, 0.25) is 10.0 Å². The highest BCUT2D eigenvalue weighted by atomic mass is 35.5. The Morgan fingerprint density at radius 3 is 2.59 bits per heavy atom. The molecule has 0 bridgehead atoms. The van der Waals surface area contributed by atoms with Crippen molar-refractivity contribution in [3.05, 3.63) is 63.4 Å². The molecule has 11 nitrogen and oxygen atoms in total. The molecule has 2 aromatic heterocycles. The zero-order valence-corrected chi connectivity index (χ0v) is 23.3. The molecule has 3 amide bonds. The second kappa shape index (κ2) is 11.9. The summed E-state index contributed by atoms with van der Waals surface area (Å²) in [6, 6.07) is 5.49. The van der Waals surface area contributed by atoms with Crippen LogP contribution in [-0.4, -0.2) is 69.0 Å². The highest BCUT2D eigenvalue weighted by Gasteiger charge is 2.36. The summed E-state index contributed by atoms with van der Waals surface area (Å²) in [7, 11) is 0. The van der Waals surface area contributed by atoms with Gasteiger partial charge in [0.25, 0.3) is 17.7 Å². The van der Waals surface area contributed by atoms with Crippen LogP contribution in [0.1, 0.15) is 40.3 Å². The Bertz CT molecular complexity index is 1500. The summed E-state index contributed by atoms with van der Waals surface area (Å²) in [5.74, 6) is -2.63. The second-order valence-corrected chi connectivity index (χ2v) is 10.0. The molecule has 0 radical (unpaired) electrons. The lowest BCUT2D eigenvalue weighted by Crippen LogP contribution is -2.44. The Hall–Kier alpha value is -3.88. The number of rotatable bonds is 8. The van der Waals surface area contributed by atoms with Crippen LogP contribution in [0.25, 0.3) is 5.82 Å². The van der Waals surface area contributed by atoms with Crippen LogP contribution in [0.15, 0.2) is 36.5 Å². The number of ether oxygens (including phenoxy) is 1. The zero-order chi connectivity index (χ0) is 30.1. The molecule has 41 heavy (non-hydrogen) atoms. The number of hydroxylamine groups is 2. The number of pyridine rings is 1. The van der Waals surface area contributed by atoms with Gasteiger partial charge in [-0.2, -0.15) is 13.2 Å². The second-order valence-electron chi connectivity index (χ2n) is 9.17. The lowest BCUT2D eigenvalue weighted by atomic mass is 10.1. The van der Waals surface area contributed by atoms with Gasteiger partial charge in [-0.1, -0.05) is 23.2 Å². The third-order valence-electron chi connectivity index (χ3n) is 5.70. The van der Waals surface area contributed by atoms with Crippen molar-refractivity contribution in [1.82, 2.24) is 25.1 Å². The number of carbonyl (C=O) groups excluding carboxylic acids is 3. The Morgan fingerprint density at radius 2 is 1.95 bits per heavy atom. The summed E-state index contributed by atoms with van der Waals surface area (Å²) in [6.07, 6.45) is -3.31. The number of hydrogen-bond donors (Lipinski definition) is 2. The average molecular weight is 615 g/mol. The number of hydrogen-bond acceptors (Lipinski definition) is 7. The lowest BCUT2D eigenvalue weighted by molar-refractivity contribution is -0.170. The molecule has 16 heteroatoms. The summed E-state index contributed by atoms with van der Waals surface area (Å²) in [6.45, 7) is 3.33. The Kier molecular flexibility index (Phi) is 8.75. The molecule has 0 saturated carbocycles.